The van der Waals surface area contributed by atoms with E-state index in [1.807, 2.05) is 25.1 Å². The van der Waals surface area contributed by atoms with Crippen LogP contribution in [0.5, 0.6) is 0 Å². The minimum absolute atomic E-state index is 1.03. The highest BCUT2D eigenvalue weighted by molar-refractivity contribution is 7.13. The Morgan fingerprint density at radius 2 is 2.07 bits per heavy atom. The minimum atomic E-state index is 1.03. The van der Waals surface area contributed by atoms with Crippen LogP contribution in [-0.4, -0.2) is 9.36 Å². The number of aromatic nitrogens is 2. The zero-order valence-electron chi connectivity index (χ0n) is 7.69. The molecule has 0 saturated heterocycles. The summed E-state index contributed by atoms with van der Waals surface area (Å²) in [5, 5.41) is 2.36. The van der Waals surface area contributed by atoms with Crippen LogP contribution in [0.25, 0.3) is 21.1 Å². The Hall–Kier alpha value is -1.48. The van der Waals surface area contributed by atoms with Crippen molar-refractivity contribution in [1.82, 2.24) is 9.36 Å². The van der Waals surface area contributed by atoms with E-state index in [4.69, 9.17) is 0 Å². The molecule has 0 saturated carbocycles. The fourth-order valence-corrected chi connectivity index (χ4v) is 2.35. The van der Waals surface area contributed by atoms with Crippen LogP contribution in [0.15, 0.2) is 30.3 Å². The lowest BCUT2D eigenvalue weighted by atomic mass is 10.2. The Morgan fingerprint density at radius 3 is 3.00 bits per heavy atom. The zero-order chi connectivity index (χ0) is 9.54. The molecule has 68 valence electrons. The van der Waals surface area contributed by atoms with Gasteiger partial charge in [0.15, 0.2) is 0 Å². The van der Waals surface area contributed by atoms with Crippen molar-refractivity contribution in [2.75, 3.05) is 0 Å². The second-order valence-corrected chi connectivity index (χ2v) is 4.05. The van der Waals surface area contributed by atoms with Gasteiger partial charge in [-0.25, -0.2) is 4.98 Å². The zero-order valence-corrected chi connectivity index (χ0v) is 8.51. The SMILES string of the molecule is Cc1nsc2nc3ccccc3cc12. The Labute approximate surface area is 85.4 Å². The van der Waals surface area contributed by atoms with E-state index in [1.165, 1.54) is 22.3 Å². The van der Waals surface area contributed by atoms with Crippen LogP contribution in [-0.2, 0) is 0 Å². The van der Waals surface area contributed by atoms with Crippen molar-refractivity contribution in [2.24, 2.45) is 0 Å². The van der Waals surface area contributed by atoms with E-state index in [-0.39, 0.29) is 0 Å². The van der Waals surface area contributed by atoms with Gasteiger partial charge in [-0.15, -0.1) is 0 Å². The third kappa shape index (κ3) is 1.02. The highest BCUT2D eigenvalue weighted by Gasteiger charge is 2.04. The number of para-hydroxylation sites is 1. The number of hydrogen-bond donors (Lipinski definition) is 0. The average molecular weight is 200 g/mol. The molecule has 0 aliphatic heterocycles. The smallest absolute Gasteiger partial charge is 0.144 e. The molecular formula is C11H8N2S. The van der Waals surface area contributed by atoms with E-state index < -0.39 is 0 Å². The predicted octanol–water partition coefficient (Wildman–Crippen LogP) is 3.15. The average Bonchev–Trinajstić information content (AvgIpc) is 2.57. The molecule has 1 aromatic carbocycles. The topological polar surface area (TPSA) is 25.8 Å². The summed E-state index contributed by atoms with van der Waals surface area (Å²) >= 11 is 1.47. The Kier molecular flexibility index (Phi) is 1.55. The van der Waals surface area contributed by atoms with Crippen molar-refractivity contribution in [3.05, 3.63) is 36.0 Å². The van der Waals surface area contributed by atoms with Crippen LogP contribution in [0.2, 0.25) is 0 Å². The first kappa shape index (κ1) is 7.88. The van der Waals surface area contributed by atoms with Gasteiger partial charge in [0.1, 0.15) is 4.83 Å². The van der Waals surface area contributed by atoms with E-state index >= 15 is 0 Å². The maximum Gasteiger partial charge on any atom is 0.144 e. The van der Waals surface area contributed by atoms with E-state index in [1.54, 1.807) is 0 Å². The van der Waals surface area contributed by atoms with Gasteiger partial charge in [-0.3, -0.25) is 0 Å². The van der Waals surface area contributed by atoms with Crippen LogP contribution >= 0.6 is 11.5 Å². The van der Waals surface area contributed by atoms with Crippen LogP contribution in [0.1, 0.15) is 5.69 Å². The summed E-state index contributed by atoms with van der Waals surface area (Å²) in [6, 6.07) is 10.3. The Bertz CT molecular complexity index is 613. The third-order valence-corrected chi connectivity index (χ3v) is 3.20. The number of rotatable bonds is 0. The highest BCUT2D eigenvalue weighted by Crippen LogP contribution is 2.24. The maximum atomic E-state index is 4.55. The minimum Gasteiger partial charge on any atom is -0.235 e. The Balaban J connectivity index is 2.54. The van der Waals surface area contributed by atoms with Crippen LogP contribution in [0, 0.1) is 6.92 Å². The molecule has 0 aliphatic rings. The summed E-state index contributed by atoms with van der Waals surface area (Å²) in [6.07, 6.45) is 0. The molecule has 0 spiro atoms. The quantitative estimate of drug-likeness (QED) is 0.557. The maximum absolute atomic E-state index is 4.55. The standard InChI is InChI=1S/C11H8N2S/c1-7-9-6-8-4-2-3-5-10(8)12-11(9)14-13-7/h2-6H,1H3. The van der Waals surface area contributed by atoms with Crippen molar-refractivity contribution >= 4 is 32.7 Å². The summed E-state index contributed by atoms with van der Waals surface area (Å²) in [5.74, 6) is 0. The van der Waals surface area contributed by atoms with Crippen LogP contribution < -0.4 is 0 Å². The summed E-state index contributed by atoms with van der Waals surface area (Å²) < 4.78 is 4.30. The molecule has 2 aromatic heterocycles. The fraction of sp³-hybridized carbons (Fsp3) is 0.0909. The molecule has 0 bridgehead atoms. The van der Waals surface area contributed by atoms with Crippen molar-refractivity contribution in [3.63, 3.8) is 0 Å². The van der Waals surface area contributed by atoms with Gasteiger partial charge in [-0.2, -0.15) is 4.37 Å². The van der Waals surface area contributed by atoms with Crippen molar-refractivity contribution in [2.45, 2.75) is 6.92 Å². The molecule has 0 aliphatic carbocycles. The molecule has 0 atom stereocenters. The van der Waals surface area contributed by atoms with Crippen LogP contribution in [0.4, 0.5) is 0 Å². The first-order chi connectivity index (χ1) is 6.84. The summed E-state index contributed by atoms with van der Waals surface area (Å²) in [4.78, 5) is 5.58. The molecule has 0 N–H and O–H groups in total. The highest BCUT2D eigenvalue weighted by atomic mass is 32.1. The van der Waals surface area contributed by atoms with Crippen molar-refractivity contribution < 1.29 is 0 Å². The van der Waals surface area contributed by atoms with Gasteiger partial charge in [0.25, 0.3) is 0 Å². The Morgan fingerprint density at radius 1 is 1.21 bits per heavy atom. The van der Waals surface area contributed by atoms with Crippen LogP contribution in [0.3, 0.4) is 0 Å². The first-order valence-corrected chi connectivity index (χ1v) is 5.24. The van der Waals surface area contributed by atoms with Crippen molar-refractivity contribution in [3.8, 4) is 0 Å². The second-order valence-electron chi connectivity index (χ2n) is 3.30. The molecule has 3 heteroatoms. The predicted molar refractivity (Wildman–Crippen MR) is 59.7 cm³/mol. The molecule has 0 radical (unpaired) electrons. The number of benzene rings is 1. The summed E-state index contributed by atoms with van der Waals surface area (Å²) in [7, 11) is 0. The first-order valence-electron chi connectivity index (χ1n) is 4.46. The van der Waals surface area contributed by atoms with Gasteiger partial charge in [0, 0.05) is 10.8 Å². The monoisotopic (exact) mass is 200 g/mol. The van der Waals surface area contributed by atoms with E-state index in [0.717, 1.165) is 16.0 Å². The van der Waals surface area contributed by atoms with E-state index in [0.29, 0.717) is 0 Å². The lowest BCUT2D eigenvalue weighted by molar-refractivity contribution is 1.37. The molecule has 2 heterocycles. The molecule has 2 nitrogen and oxygen atoms in total. The molecule has 3 rings (SSSR count). The summed E-state index contributed by atoms with van der Waals surface area (Å²) in [5.41, 5.74) is 2.12. The van der Waals surface area contributed by atoms with E-state index in [2.05, 4.69) is 21.5 Å². The van der Waals surface area contributed by atoms with E-state index in [9.17, 15) is 0 Å². The van der Waals surface area contributed by atoms with Gasteiger partial charge in [-0.05, 0) is 30.6 Å². The molecule has 3 aromatic rings. The molecular weight excluding hydrogens is 192 g/mol. The number of aryl methyl sites for hydroxylation is 1. The normalized spacial score (nSPS) is 11.2. The number of pyridine rings is 1. The van der Waals surface area contributed by atoms with Gasteiger partial charge in [0.2, 0.25) is 0 Å². The molecule has 0 unspecified atom stereocenters. The molecule has 0 fully saturated rings. The van der Waals surface area contributed by atoms with Gasteiger partial charge < -0.3 is 0 Å². The largest absolute Gasteiger partial charge is 0.235 e. The van der Waals surface area contributed by atoms with Crippen molar-refractivity contribution in [1.29, 1.82) is 0 Å². The second kappa shape index (κ2) is 2.75. The molecule has 0 amide bonds. The number of fused-ring (bicyclic) bond motifs is 2. The number of nitrogens with zero attached hydrogens (tertiary/aromatic N) is 2. The van der Waals surface area contributed by atoms with Gasteiger partial charge in [-0.1, -0.05) is 18.2 Å². The number of hydrogen-bond acceptors (Lipinski definition) is 3. The molecule has 14 heavy (non-hydrogen) atoms. The third-order valence-electron chi connectivity index (χ3n) is 2.35. The van der Waals surface area contributed by atoms with Gasteiger partial charge in [0.05, 0.1) is 11.2 Å². The lowest BCUT2D eigenvalue weighted by Gasteiger charge is -1.96. The fourth-order valence-electron chi connectivity index (χ4n) is 1.59. The lowest BCUT2D eigenvalue weighted by Crippen LogP contribution is -1.78. The summed E-state index contributed by atoms with van der Waals surface area (Å²) in [6.45, 7) is 2.02. The van der Waals surface area contributed by atoms with Gasteiger partial charge >= 0.3 is 0 Å².